The second-order valence-electron chi connectivity index (χ2n) is 5.91. The van der Waals surface area contributed by atoms with Gasteiger partial charge in [-0.2, -0.15) is 0 Å². The van der Waals surface area contributed by atoms with Crippen LogP contribution < -0.4 is 11.1 Å². The first-order valence-electron chi connectivity index (χ1n) is 6.34. The Morgan fingerprint density at radius 1 is 1.35 bits per heavy atom. The zero-order valence-electron chi connectivity index (χ0n) is 11.9. The molecule has 0 saturated heterocycles. The Hall–Kier alpha value is -0.610. The van der Waals surface area contributed by atoms with Crippen LogP contribution in [0.15, 0.2) is 0 Å². The van der Waals surface area contributed by atoms with Crippen molar-refractivity contribution in [1.29, 1.82) is 0 Å². The molecule has 0 rings (SSSR count). The fourth-order valence-electron chi connectivity index (χ4n) is 1.35. The van der Waals surface area contributed by atoms with Crippen LogP contribution in [-0.2, 0) is 9.53 Å². The molecule has 0 saturated carbocycles. The molecule has 0 fully saturated rings. The van der Waals surface area contributed by atoms with Crippen molar-refractivity contribution in [3.05, 3.63) is 0 Å². The summed E-state index contributed by atoms with van der Waals surface area (Å²) in [6.45, 7) is 11.9. The van der Waals surface area contributed by atoms with Crippen molar-refractivity contribution in [2.24, 2.45) is 17.1 Å². The Bertz CT molecular complexity index is 227. The van der Waals surface area contributed by atoms with E-state index in [4.69, 9.17) is 10.5 Å². The minimum Gasteiger partial charge on any atom is -0.381 e. The topological polar surface area (TPSA) is 64.3 Å². The van der Waals surface area contributed by atoms with E-state index >= 15 is 0 Å². The van der Waals surface area contributed by atoms with Crippen molar-refractivity contribution in [3.63, 3.8) is 0 Å². The highest BCUT2D eigenvalue weighted by atomic mass is 16.5. The number of hydrogen-bond donors (Lipinski definition) is 2. The van der Waals surface area contributed by atoms with Crippen molar-refractivity contribution in [2.75, 3.05) is 19.8 Å². The summed E-state index contributed by atoms with van der Waals surface area (Å²) < 4.78 is 5.60. The first kappa shape index (κ1) is 16.4. The second kappa shape index (κ2) is 7.67. The third kappa shape index (κ3) is 9.12. The van der Waals surface area contributed by atoms with E-state index in [1.807, 2.05) is 20.8 Å². The van der Waals surface area contributed by atoms with E-state index in [-0.39, 0.29) is 23.3 Å². The SMILES string of the molecule is CC(COCC(C)(C)CN)CC(=O)NC(C)C. The summed E-state index contributed by atoms with van der Waals surface area (Å²) in [5.74, 6) is 0.330. The van der Waals surface area contributed by atoms with E-state index in [0.29, 0.717) is 26.2 Å². The lowest BCUT2D eigenvalue weighted by atomic mass is 9.95. The molecule has 1 unspecified atom stereocenters. The number of hydrogen-bond acceptors (Lipinski definition) is 3. The minimum absolute atomic E-state index is 0.0138. The van der Waals surface area contributed by atoms with Gasteiger partial charge in [0.2, 0.25) is 5.91 Å². The molecular weight excluding hydrogens is 216 g/mol. The third-order valence-corrected chi connectivity index (χ3v) is 2.43. The zero-order chi connectivity index (χ0) is 13.5. The fourth-order valence-corrected chi connectivity index (χ4v) is 1.35. The van der Waals surface area contributed by atoms with Gasteiger partial charge in [-0.25, -0.2) is 0 Å². The van der Waals surface area contributed by atoms with Crippen molar-refractivity contribution in [3.8, 4) is 0 Å². The highest BCUT2D eigenvalue weighted by molar-refractivity contribution is 5.76. The molecule has 1 amide bonds. The monoisotopic (exact) mass is 244 g/mol. The van der Waals surface area contributed by atoms with Gasteiger partial charge in [-0.3, -0.25) is 4.79 Å². The maximum Gasteiger partial charge on any atom is 0.220 e. The fraction of sp³-hybridized carbons (Fsp3) is 0.923. The summed E-state index contributed by atoms with van der Waals surface area (Å²) in [5.41, 5.74) is 5.63. The number of carbonyl (C=O) groups is 1. The molecule has 0 aromatic rings. The van der Waals surface area contributed by atoms with Crippen LogP contribution in [0.3, 0.4) is 0 Å². The van der Waals surface area contributed by atoms with Crippen molar-refractivity contribution in [1.82, 2.24) is 5.32 Å². The van der Waals surface area contributed by atoms with Crippen molar-refractivity contribution >= 4 is 5.91 Å². The lowest BCUT2D eigenvalue weighted by Gasteiger charge is -2.23. The molecule has 0 aliphatic carbocycles. The summed E-state index contributed by atoms with van der Waals surface area (Å²) in [7, 11) is 0. The zero-order valence-corrected chi connectivity index (χ0v) is 11.9. The van der Waals surface area contributed by atoms with Gasteiger partial charge in [-0.05, 0) is 26.3 Å². The van der Waals surface area contributed by atoms with E-state index in [2.05, 4.69) is 19.2 Å². The van der Waals surface area contributed by atoms with E-state index in [9.17, 15) is 4.79 Å². The van der Waals surface area contributed by atoms with Gasteiger partial charge in [0.25, 0.3) is 0 Å². The summed E-state index contributed by atoms with van der Waals surface area (Å²) >= 11 is 0. The number of rotatable bonds is 8. The first-order valence-corrected chi connectivity index (χ1v) is 6.34. The average molecular weight is 244 g/mol. The van der Waals surface area contributed by atoms with Crippen LogP contribution in [0.5, 0.6) is 0 Å². The predicted octanol–water partition coefficient (Wildman–Crippen LogP) is 1.54. The number of nitrogens with one attached hydrogen (secondary N) is 1. The Morgan fingerprint density at radius 3 is 2.41 bits per heavy atom. The van der Waals surface area contributed by atoms with Crippen LogP contribution in [0.4, 0.5) is 0 Å². The van der Waals surface area contributed by atoms with Crippen LogP contribution in [0.2, 0.25) is 0 Å². The summed E-state index contributed by atoms with van der Waals surface area (Å²) in [6.07, 6.45) is 0.515. The van der Waals surface area contributed by atoms with Crippen molar-refractivity contribution < 1.29 is 9.53 Å². The van der Waals surface area contributed by atoms with Gasteiger partial charge in [0, 0.05) is 24.5 Å². The number of nitrogens with two attached hydrogens (primary N) is 1. The first-order chi connectivity index (χ1) is 7.76. The summed E-state index contributed by atoms with van der Waals surface area (Å²) in [5, 5.41) is 2.88. The highest BCUT2D eigenvalue weighted by Gasteiger charge is 2.17. The third-order valence-electron chi connectivity index (χ3n) is 2.43. The molecule has 0 spiro atoms. The maximum atomic E-state index is 11.5. The Labute approximate surface area is 105 Å². The second-order valence-corrected chi connectivity index (χ2v) is 5.91. The van der Waals surface area contributed by atoms with E-state index in [1.165, 1.54) is 0 Å². The van der Waals surface area contributed by atoms with Gasteiger partial charge in [0.05, 0.1) is 6.61 Å². The largest absolute Gasteiger partial charge is 0.381 e. The highest BCUT2D eigenvalue weighted by Crippen LogP contribution is 2.13. The van der Waals surface area contributed by atoms with Crippen LogP contribution in [0.1, 0.15) is 41.0 Å². The predicted molar refractivity (Wildman–Crippen MR) is 70.7 cm³/mol. The molecule has 102 valence electrons. The molecule has 0 radical (unpaired) electrons. The van der Waals surface area contributed by atoms with E-state index in [0.717, 1.165) is 0 Å². The lowest BCUT2D eigenvalue weighted by Crippen LogP contribution is -2.33. The van der Waals surface area contributed by atoms with Gasteiger partial charge in [-0.1, -0.05) is 20.8 Å². The van der Waals surface area contributed by atoms with Crippen molar-refractivity contribution in [2.45, 2.75) is 47.1 Å². The van der Waals surface area contributed by atoms with E-state index in [1.54, 1.807) is 0 Å². The number of amides is 1. The molecule has 0 bridgehead atoms. The number of ether oxygens (including phenoxy) is 1. The lowest BCUT2D eigenvalue weighted by molar-refractivity contribution is -0.122. The molecule has 0 heterocycles. The average Bonchev–Trinajstić information content (AvgIpc) is 2.15. The Morgan fingerprint density at radius 2 is 1.94 bits per heavy atom. The van der Waals surface area contributed by atoms with Gasteiger partial charge in [0.1, 0.15) is 0 Å². The van der Waals surface area contributed by atoms with Crippen LogP contribution >= 0.6 is 0 Å². The normalized spacial score (nSPS) is 13.8. The van der Waals surface area contributed by atoms with Crippen LogP contribution in [-0.4, -0.2) is 31.7 Å². The van der Waals surface area contributed by atoms with Gasteiger partial charge in [0.15, 0.2) is 0 Å². The summed E-state index contributed by atoms with van der Waals surface area (Å²) in [4.78, 5) is 11.5. The number of carbonyl (C=O) groups excluding carboxylic acids is 1. The molecule has 17 heavy (non-hydrogen) atoms. The van der Waals surface area contributed by atoms with Crippen LogP contribution in [0, 0.1) is 11.3 Å². The molecular formula is C13H28N2O2. The molecule has 0 aliphatic heterocycles. The standard InChI is InChI=1S/C13H28N2O2/c1-10(2)15-12(16)6-11(3)7-17-9-13(4,5)8-14/h10-11H,6-9,14H2,1-5H3,(H,15,16). The molecule has 3 N–H and O–H groups in total. The Balaban J connectivity index is 3.73. The molecule has 4 heteroatoms. The smallest absolute Gasteiger partial charge is 0.220 e. The van der Waals surface area contributed by atoms with Crippen LogP contribution in [0.25, 0.3) is 0 Å². The molecule has 4 nitrogen and oxygen atoms in total. The molecule has 0 aliphatic rings. The molecule has 1 atom stereocenters. The van der Waals surface area contributed by atoms with Gasteiger partial charge in [-0.15, -0.1) is 0 Å². The van der Waals surface area contributed by atoms with Gasteiger partial charge < -0.3 is 15.8 Å². The quantitative estimate of drug-likeness (QED) is 0.680. The van der Waals surface area contributed by atoms with E-state index < -0.39 is 0 Å². The molecule has 0 aromatic carbocycles. The Kier molecular flexibility index (Phi) is 7.39. The molecule has 0 aromatic heterocycles. The minimum atomic E-state index is 0.0138. The van der Waals surface area contributed by atoms with Gasteiger partial charge >= 0.3 is 0 Å². The maximum absolute atomic E-state index is 11.5. The summed E-state index contributed by atoms with van der Waals surface area (Å²) in [6, 6.07) is 0.201.